The lowest BCUT2D eigenvalue weighted by molar-refractivity contribution is -0.0448. The molecule has 21 heavy (non-hydrogen) atoms. The summed E-state index contributed by atoms with van der Waals surface area (Å²) < 4.78 is 11.2. The highest BCUT2D eigenvalue weighted by Crippen LogP contribution is 2.32. The van der Waals surface area contributed by atoms with Crippen LogP contribution in [0.4, 0.5) is 0 Å². The summed E-state index contributed by atoms with van der Waals surface area (Å²) in [7, 11) is 0. The minimum absolute atomic E-state index is 0.112. The average molecular weight is 282 g/mol. The second-order valence-corrected chi connectivity index (χ2v) is 5.15. The first kappa shape index (κ1) is 14.0. The first-order valence-electron chi connectivity index (χ1n) is 7.18. The number of rotatable bonds is 4. The minimum Gasteiger partial charge on any atom is -0.346 e. The van der Waals surface area contributed by atoms with Crippen LogP contribution in [0.1, 0.15) is 40.6 Å². The van der Waals surface area contributed by atoms with Crippen LogP contribution >= 0.6 is 0 Å². The van der Waals surface area contributed by atoms with Gasteiger partial charge in [-0.05, 0) is 5.56 Å². The van der Waals surface area contributed by atoms with E-state index in [4.69, 9.17) is 9.47 Å². The molecule has 1 atom stereocenters. The lowest BCUT2D eigenvalue weighted by Crippen LogP contribution is -2.13. The Balaban J connectivity index is 1.91. The monoisotopic (exact) mass is 282 g/mol. The van der Waals surface area contributed by atoms with Crippen molar-refractivity contribution in [3.8, 4) is 0 Å². The van der Waals surface area contributed by atoms with Crippen molar-refractivity contribution in [1.29, 1.82) is 0 Å². The van der Waals surface area contributed by atoms with Crippen LogP contribution < -0.4 is 0 Å². The molecule has 2 aromatic carbocycles. The Morgan fingerprint density at radius 2 is 1.62 bits per heavy atom. The molecular formula is C18H18O3. The van der Waals surface area contributed by atoms with Gasteiger partial charge in [0.15, 0.2) is 12.1 Å². The first-order valence-corrected chi connectivity index (χ1v) is 7.18. The zero-order valence-electron chi connectivity index (χ0n) is 12.0. The maximum Gasteiger partial charge on any atom is 0.184 e. The molecule has 0 amide bonds. The molecule has 1 aliphatic rings. The number of benzene rings is 2. The summed E-state index contributed by atoms with van der Waals surface area (Å²) in [5.74, 6) is -0.113. The zero-order chi connectivity index (χ0) is 14.7. The largest absolute Gasteiger partial charge is 0.346 e. The molecule has 1 saturated heterocycles. The maximum atomic E-state index is 12.6. The van der Waals surface area contributed by atoms with Crippen molar-refractivity contribution in [1.82, 2.24) is 0 Å². The lowest BCUT2D eigenvalue weighted by Gasteiger charge is -2.19. The van der Waals surface area contributed by atoms with Crippen molar-refractivity contribution in [2.45, 2.75) is 19.1 Å². The summed E-state index contributed by atoms with van der Waals surface area (Å²) in [6.45, 7) is 3.13. The van der Waals surface area contributed by atoms with Crippen LogP contribution in [0.2, 0.25) is 0 Å². The third-order valence-corrected chi connectivity index (χ3v) is 3.79. The Morgan fingerprint density at radius 1 is 1.00 bits per heavy atom. The van der Waals surface area contributed by atoms with Gasteiger partial charge in [0, 0.05) is 17.0 Å². The number of carbonyl (C=O) groups excluding carboxylic acids is 1. The van der Waals surface area contributed by atoms with Gasteiger partial charge in [-0.3, -0.25) is 4.79 Å². The molecule has 0 radical (unpaired) electrons. The van der Waals surface area contributed by atoms with E-state index in [1.165, 1.54) is 0 Å². The number of Topliss-reactive ketones (excluding diaryl/α,β-unsaturated/α-hetero) is 1. The molecule has 0 spiro atoms. The van der Waals surface area contributed by atoms with Gasteiger partial charge in [0.1, 0.15) is 0 Å². The number of hydrogen-bond acceptors (Lipinski definition) is 3. The quantitative estimate of drug-likeness (QED) is 0.802. The van der Waals surface area contributed by atoms with Crippen molar-refractivity contribution in [2.75, 3.05) is 13.2 Å². The van der Waals surface area contributed by atoms with E-state index in [0.717, 1.165) is 16.7 Å². The second kappa shape index (κ2) is 6.20. The smallest absolute Gasteiger partial charge is 0.184 e. The second-order valence-electron chi connectivity index (χ2n) is 5.15. The molecule has 0 aromatic heterocycles. The molecule has 0 saturated carbocycles. The van der Waals surface area contributed by atoms with Crippen LogP contribution in [-0.4, -0.2) is 19.0 Å². The standard InChI is InChI=1S/C18H18O3/c1-13(17(19)14-7-3-2-4-8-14)15-9-5-6-10-16(15)18-20-11-12-21-18/h2-10,13,18H,11-12H2,1H3. The summed E-state index contributed by atoms with van der Waals surface area (Å²) in [5, 5.41) is 0. The number of ketones is 1. The van der Waals surface area contributed by atoms with E-state index < -0.39 is 0 Å². The fourth-order valence-corrected chi connectivity index (χ4v) is 2.65. The Morgan fingerprint density at radius 3 is 2.33 bits per heavy atom. The molecule has 1 fully saturated rings. The van der Waals surface area contributed by atoms with Crippen molar-refractivity contribution in [2.24, 2.45) is 0 Å². The van der Waals surface area contributed by atoms with Crippen LogP contribution in [0.5, 0.6) is 0 Å². The number of carbonyl (C=O) groups is 1. The third-order valence-electron chi connectivity index (χ3n) is 3.79. The molecule has 1 unspecified atom stereocenters. The molecule has 2 aromatic rings. The van der Waals surface area contributed by atoms with Crippen molar-refractivity contribution >= 4 is 5.78 Å². The minimum atomic E-state index is -0.354. The zero-order valence-corrected chi connectivity index (χ0v) is 12.0. The van der Waals surface area contributed by atoms with Gasteiger partial charge in [-0.15, -0.1) is 0 Å². The summed E-state index contributed by atoms with van der Waals surface area (Å²) in [6.07, 6.45) is -0.354. The highest BCUT2D eigenvalue weighted by Gasteiger charge is 2.26. The Bertz CT molecular complexity index is 615. The summed E-state index contributed by atoms with van der Waals surface area (Å²) >= 11 is 0. The van der Waals surface area contributed by atoms with Crippen molar-refractivity contribution < 1.29 is 14.3 Å². The fourth-order valence-electron chi connectivity index (χ4n) is 2.65. The van der Waals surface area contributed by atoms with E-state index >= 15 is 0 Å². The summed E-state index contributed by atoms with van der Waals surface area (Å²) in [4.78, 5) is 12.6. The van der Waals surface area contributed by atoms with Crippen LogP contribution in [-0.2, 0) is 9.47 Å². The topological polar surface area (TPSA) is 35.5 Å². The van der Waals surface area contributed by atoms with Crippen LogP contribution in [0.25, 0.3) is 0 Å². The van der Waals surface area contributed by atoms with Gasteiger partial charge in [-0.2, -0.15) is 0 Å². The van der Waals surface area contributed by atoms with Gasteiger partial charge in [0.05, 0.1) is 13.2 Å². The van der Waals surface area contributed by atoms with Gasteiger partial charge in [0.25, 0.3) is 0 Å². The SMILES string of the molecule is CC(C(=O)c1ccccc1)c1ccccc1C1OCCO1. The van der Waals surface area contributed by atoms with Crippen molar-refractivity contribution in [3.05, 3.63) is 71.3 Å². The van der Waals surface area contributed by atoms with E-state index in [9.17, 15) is 4.79 Å². The van der Waals surface area contributed by atoms with Gasteiger partial charge in [-0.1, -0.05) is 61.5 Å². The molecule has 1 aliphatic heterocycles. The Labute approximate surface area is 124 Å². The third kappa shape index (κ3) is 2.89. The van der Waals surface area contributed by atoms with Gasteiger partial charge < -0.3 is 9.47 Å². The van der Waals surface area contributed by atoms with E-state index in [1.54, 1.807) is 0 Å². The fraction of sp³-hybridized carbons (Fsp3) is 0.278. The molecule has 3 heteroatoms. The highest BCUT2D eigenvalue weighted by atomic mass is 16.7. The number of ether oxygens (including phenoxy) is 2. The average Bonchev–Trinajstić information content (AvgIpc) is 3.08. The van der Waals surface area contributed by atoms with Crippen molar-refractivity contribution in [3.63, 3.8) is 0 Å². The number of hydrogen-bond donors (Lipinski definition) is 0. The molecule has 0 N–H and O–H groups in total. The normalized spacial score (nSPS) is 16.8. The summed E-state index contributed by atoms with van der Waals surface area (Å²) in [6, 6.07) is 17.2. The van der Waals surface area contributed by atoms with Crippen LogP contribution in [0, 0.1) is 0 Å². The molecule has 3 rings (SSSR count). The molecular weight excluding hydrogens is 264 g/mol. The first-order chi connectivity index (χ1) is 10.3. The predicted molar refractivity (Wildman–Crippen MR) is 80.3 cm³/mol. The van der Waals surface area contributed by atoms with Gasteiger partial charge in [-0.25, -0.2) is 0 Å². The predicted octanol–water partition coefficient (Wildman–Crippen LogP) is 3.72. The molecule has 0 aliphatic carbocycles. The molecule has 3 nitrogen and oxygen atoms in total. The maximum absolute atomic E-state index is 12.6. The Kier molecular flexibility index (Phi) is 4.13. The summed E-state index contributed by atoms with van der Waals surface area (Å²) in [5.41, 5.74) is 2.65. The lowest BCUT2D eigenvalue weighted by atomic mass is 9.89. The van der Waals surface area contributed by atoms with Gasteiger partial charge >= 0.3 is 0 Å². The molecule has 108 valence electrons. The molecule has 0 bridgehead atoms. The van der Waals surface area contributed by atoms with E-state index in [-0.39, 0.29) is 18.0 Å². The van der Waals surface area contributed by atoms with E-state index in [0.29, 0.717) is 13.2 Å². The van der Waals surface area contributed by atoms with E-state index in [1.807, 2.05) is 61.5 Å². The van der Waals surface area contributed by atoms with E-state index in [2.05, 4.69) is 0 Å². The Hall–Kier alpha value is -1.97. The highest BCUT2D eigenvalue weighted by molar-refractivity contribution is 6.00. The van der Waals surface area contributed by atoms with Crippen LogP contribution in [0.3, 0.4) is 0 Å². The van der Waals surface area contributed by atoms with Gasteiger partial charge in [0.2, 0.25) is 0 Å². The molecule has 1 heterocycles. The van der Waals surface area contributed by atoms with Crippen LogP contribution in [0.15, 0.2) is 54.6 Å².